The van der Waals surface area contributed by atoms with Gasteiger partial charge >= 0.3 is 7.12 Å². The molecule has 1 aliphatic heterocycles. The zero-order chi connectivity index (χ0) is 29.1. The van der Waals surface area contributed by atoms with Gasteiger partial charge in [-0.25, -0.2) is 0 Å². The van der Waals surface area contributed by atoms with Gasteiger partial charge in [-0.3, -0.25) is 14.4 Å². The Labute approximate surface area is 242 Å². The molecule has 216 valence electrons. The third-order valence-corrected chi connectivity index (χ3v) is 7.93. The van der Waals surface area contributed by atoms with E-state index in [4.69, 9.17) is 21.6 Å². The topological polar surface area (TPSA) is 119 Å². The number of nitrogens with zero attached hydrogens (tertiary/aromatic N) is 1. The van der Waals surface area contributed by atoms with Crippen LogP contribution < -0.4 is 10.6 Å². The number of carbonyl (C=O) groups excluding carboxylic acids is 3. The van der Waals surface area contributed by atoms with Crippen LogP contribution in [0.5, 0.6) is 0 Å². The molecule has 10 heteroatoms. The van der Waals surface area contributed by atoms with Crippen molar-refractivity contribution in [3.8, 4) is 0 Å². The Hall–Kier alpha value is -2.88. The second-order valence-electron chi connectivity index (χ2n) is 11.4. The summed E-state index contributed by atoms with van der Waals surface area (Å²) < 4.78 is 0. The van der Waals surface area contributed by atoms with Crippen molar-refractivity contribution in [1.82, 2.24) is 15.5 Å². The third-order valence-electron chi connectivity index (χ3n) is 7.69. The molecule has 40 heavy (non-hydrogen) atoms. The lowest BCUT2D eigenvalue weighted by atomic mass is 9.64. The van der Waals surface area contributed by atoms with Crippen LogP contribution in [0.4, 0.5) is 0 Å². The van der Waals surface area contributed by atoms with Crippen LogP contribution in [0.2, 0.25) is 5.02 Å². The smallest absolute Gasteiger partial charge is 0.426 e. The highest BCUT2D eigenvalue weighted by Crippen LogP contribution is 2.29. The average molecular weight is 570 g/mol. The summed E-state index contributed by atoms with van der Waals surface area (Å²) in [6.45, 7) is 5.36. The van der Waals surface area contributed by atoms with E-state index in [0.717, 1.165) is 56.3 Å². The molecule has 2 aliphatic rings. The van der Waals surface area contributed by atoms with E-state index in [9.17, 15) is 14.4 Å². The average Bonchev–Trinajstić information content (AvgIpc) is 3.42. The first-order chi connectivity index (χ1) is 19.1. The summed E-state index contributed by atoms with van der Waals surface area (Å²) in [6, 6.07) is 16.8. The Morgan fingerprint density at radius 2 is 1.70 bits per heavy atom. The maximum atomic E-state index is 13.1. The minimum absolute atomic E-state index is 0.00802. The third kappa shape index (κ3) is 9.35. The summed E-state index contributed by atoms with van der Waals surface area (Å²) in [7, 11) is -1.43. The Morgan fingerprint density at radius 1 is 1.05 bits per heavy atom. The number of amides is 3. The van der Waals surface area contributed by atoms with Crippen molar-refractivity contribution < 1.29 is 24.4 Å². The Morgan fingerprint density at radius 3 is 2.25 bits per heavy atom. The molecule has 3 amide bonds. The highest BCUT2D eigenvalue weighted by atomic mass is 35.5. The van der Waals surface area contributed by atoms with Gasteiger partial charge in [-0.15, -0.1) is 0 Å². The van der Waals surface area contributed by atoms with E-state index in [-0.39, 0.29) is 17.7 Å². The Kier molecular flexibility index (Phi) is 12.0. The molecule has 1 aliphatic carbocycles. The molecule has 8 nitrogen and oxygen atoms in total. The van der Waals surface area contributed by atoms with Gasteiger partial charge in [0.15, 0.2) is 0 Å². The van der Waals surface area contributed by atoms with Crippen LogP contribution in [0.15, 0.2) is 54.6 Å². The van der Waals surface area contributed by atoms with Crippen molar-refractivity contribution in [2.24, 2.45) is 11.3 Å². The van der Waals surface area contributed by atoms with Crippen LogP contribution in [-0.2, 0) is 27.2 Å². The van der Waals surface area contributed by atoms with Gasteiger partial charge in [0.1, 0.15) is 6.04 Å². The zero-order valence-corrected chi connectivity index (χ0v) is 24.1. The Bertz CT molecular complexity index is 1110. The lowest BCUT2D eigenvalue weighted by Gasteiger charge is -2.32. The van der Waals surface area contributed by atoms with E-state index in [1.54, 1.807) is 0 Å². The largest absolute Gasteiger partial charge is 0.475 e. The molecular weight excluding hydrogens is 529 g/mol. The van der Waals surface area contributed by atoms with Gasteiger partial charge < -0.3 is 25.6 Å². The van der Waals surface area contributed by atoms with Crippen molar-refractivity contribution in [2.75, 3.05) is 13.1 Å². The maximum Gasteiger partial charge on any atom is 0.475 e. The van der Waals surface area contributed by atoms with E-state index < -0.39 is 24.5 Å². The van der Waals surface area contributed by atoms with E-state index in [1.807, 2.05) is 73.3 Å². The van der Waals surface area contributed by atoms with Crippen LogP contribution in [0, 0.1) is 11.3 Å². The van der Waals surface area contributed by atoms with Gasteiger partial charge in [0, 0.05) is 29.9 Å². The highest BCUT2D eigenvalue weighted by Gasteiger charge is 2.35. The number of carbonyl (C=O) groups is 3. The zero-order valence-electron chi connectivity index (χ0n) is 23.4. The first-order valence-corrected chi connectivity index (χ1v) is 14.4. The molecule has 0 bridgehead atoms. The predicted octanol–water partition coefficient (Wildman–Crippen LogP) is 3.17. The second kappa shape index (κ2) is 15.2. The molecule has 1 heterocycles. The summed E-state index contributed by atoms with van der Waals surface area (Å²) >= 11 is 6.12. The van der Waals surface area contributed by atoms with Gasteiger partial charge in [-0.05, 0) is 61.3 Å². The lowest BCUT2D eigenvalue weighted by molar-refractivity contribution is -0.138. The number of benzene rings is 2. The molecule has 2 fully saturated rings. The van der Waals surface area contributed by atoms with Gasteiger partial charge in [0.2, 0.25) is 18.2 Å². The van der Waals surface area contributed by atoms with Crippen LogP contribution in [0.3, 0.4) is 0 Å². The minimum Gasteiger partial charge on any atom is -0.426 e. The van der Waals surface area contributed by atoms with E-state index in [0.29, 0.717) is 24.3 Å². The van der Waals surface area contributed by atoms with Crippen molar-refractivity contribution in [3.63, 3.8) is 0 Å². The molecule has 1 saturated carbocycles. The molecule has 2 atom stereocenters. The molecule has 1 saturated heterocycles. The Balaban J connectivity index is 0.000000336. The van der Waals surface area contributed by atoms with Crippen LogP contribution in [0.25, 0.3) is 0 Å². The molecule has 2 aromatic rings. The first-order valence-electron chi connectivity index (χ1n) is 14.0. The van der Waals surface area contributed by atoms with E-state index in [1.165, 1.54) is 0 Å². The molecular formula is C30H41BClN3O5. The maximum absolute atomic E-state index is 13.1. The summed E-state index contributed by atoms with van der Waals surface area (Å²) in [5.74, 6) is -0.339. The fourth-order valence-electron chi connectivity index (χ4n) is 5.14. The fourth-order valence-corrected chi connectivity index (χ4v) is 5.35. The fraction of sp³-hybridized carbons (Fsp3) is 0.500. The van der Waals surface area contributed by atoms with Crippen molar-refractivity contribution in [1.29, 1.82) is 0 Å². The number of nitrogens with one attached hydrogen (secondary N) is 2. The lowest BCUT2D eigenvalue weighted by Crippen LogP contribution is -2.52. The van der Waals surface area contributed by atoms with Gasteiger partial charge in [-0.1, -0.05) is 74.3 Å². The number of hydrogen-bond acceptors (Lipinski definition) is 5. The molecule has 4 rings (SSSR count). The van der Waals surface area contributed by atoms with Crippen molar-refractivity contribution in [2.45, 2.75) is 70.8 Å². The van der Waals surface area contributed by atoms with Gasteiger partial charge in [-0.2, -0.15) is 0 Å². The summed E-state index contributed by atoms with van der Waals surface area (Å²) in [5, 5.41) is 23.7. The van der Waals surface area contributed by atoms with Gasteiger partial charge in [0.25, 0.3) is 0 Å². The normalized spacial score (nSPS) is 16.6. The van der Waals surface area contributed by atoms with E-state index >= 15 is 0 Å². The summed E-state index contributed by atoms with van der Waals surface area (Å²) in [4.78, 5) is 38.2. The molecule has 2 aromatic carbocycles. The number of hydrogen-bond donors (Lipinski definition) is 4. The van der Waals surface area contributed by atoms with Crippen molar-refractivity contribution >= 4 is 36.9 Å². The standard InChI is InChI=1S/C24H29ClN2O2.C6H12BNO3/c1-24(2,17-18-9-4-3-5-10-18)23(29)26-21(22(28)27-13-6-7-14-27)16-19-11-8-12-20(25)15-19;9-4-8-6(7(10)11)5-2-1-3-5/h3-5,8-12,15,21H,6-7,13-14,16-17H2,1-2H3,(H,26,29);4-6,10-11H,1-3H2,(H,8,9). The SMILES string of the molecule is CC(C)(Cc1ccccc1)C(=O)NC(Cc1cccc(Cl)c1)C(=O)N1CCCC1.O=CNC(B(O)O)C1CCC1. The van der Waals surface area contributed by atoms with Crippen molar-refractivity contribution in [3.05, 3.63) is 70.7 Å². The molecule has 4 N–H and O–H groups in total. The van der Waals surface area contributed by atoms with Crippen LogP contribution >= 0.6 is 11.6 Å². The quantitative estimate of drug-likeness (QED) is 0.245. The predicted molar refractivity (Wildman–Crippen MR) is 157 cm³/mol. The number of likely N-dealkylation sites (tertiary alicyclic amines) is 1. The highest BCUT2D eigenvalue weighted by molar-refractivity contribution is 6.43. The summed E-state index contributed by atoms with van der Waals surface area (Å²) in [6.07, 6.45) is 6.67. The molecule has 0 radical (unpaired) electrons. The number of rotatable bonds is 11. The summed E-state index contributed by atoms with van der Waals surface area (Å²) in [5.41, 5.74) is 1.42. The monoisotopic (exact) mass is 569 g/mol. The van der Waals surface area contributed by atoms with E-state index in [2.05, 4.69) is 10.6 Å². The van der Waals surface area contributed by atoms with Crippen LogP contribution in [0.1, 0.15) is 57.1 Å². The molecule has 2 unspecified atom stereocenters. The minimum atomic E-state index is -1.43. The van der Waals surface area contributed by atoms with Gasteiger partial charge in [0.05, 0.1) is 5.94 Å². The molecule has 0 aromatic heterocycles. The molecule has 0 spiro atoms. The first kappa shape index (κ1) is 31.6. The van der Waals surface area contributed by atoms with Crippen LogP contribution in [-0.4, -0.2) is 65.4 Å². The second-order valence-corrected chi connectivity index (χ2v) is 11.8. The number of halogens is 1.